The van der Waals surface area contributed by atoms with E-state index in [2.05, 4.69) is 0 Å². The van der Waals surface area contributed by atoms with E-state index in [0.717, 1.165) is 0 Å². The molecule has 0 spiro atoms. The molecule has 0 aliphatic rings. The van der Waals surface area contributed by atoms with E-state index >= 15 is 0 Å². The summed E-state index contributed by atoms with van der Waals surface area (Å²) in [5.41, 5.74) is 0. The van der Waals surface area contributed by atoms with Gasteiger partial charge in [0.05, 0.1) is 0 Å². The minimum Gasteiger partial charge on any atom is -0.347 e. The maximum Gasteiger partial charge on any atom is 0.182 e. The van der Waals surface area contributed by atoms with Crippen LogP contribution in [0.3, 0.4) is 0 Å². The van der Waals surface area contributed by atoms with Gasteiger partial charge in [0.1, 0.15) is 0 Å². The van der Waals surface area contributed by atoms with Crippen LogP contribution in [0.15, 0.2) is 0 Å². The molecule has 0 aromatic carbocycles. The quantitative estimate of drug-likeness (QED) is 0.287. The molecule has 0 unspecified atom stereocenters. The minimum absolute atomic E-state index is 0.229. The molecule has 7 heavy (non-hydrogen) atoms. The maximum atomic E-state index is 8.17. The Morgan fingerprint density at radius 3 is 1.14 bits per heavy atom. The van der Waals surface area contributed by atoms with Crippen molar-refractivity contribution >= 4 is 0 Å². The van der Waals surface area contributed by atoms with Crippen molar-refractivity contribution in [2.24, 2.45) is 0 Å². The monoisotopic (exact) mass is 108 g/mol. The number of aliphatic hydroxyl groups is 3. The molecule has 4 nitrogen and oxygen atoms in total. The van der Waals surface area contributed by atoms with Gasteiger partial charge in [0.25, 0.3) is 0 Å². The fourth-order valence-electron chi connectivity index (χ4n) is 0.150. The van der Waals surface area contributed by atoms with Crippen molar-refractivity contribution in [2.45, 2.75) is 0 Å². The number of nitrogens with one attached hydrogen (secondary N) is 1. The van der Waals surface area contributed by atoms with Crippen LogP contribution < -0.4 is 4.90 Å². The lowest BCUT2D eigenvalue weighted by atomic mass is 10.9. The SMILES string of the molecule is OC[NH+](CO)CO. The largest absolute Gasteiger partial charge is 0.347 e. The lowest BCUT2D eigenvalue weighted by Crippen LogP contribution is -3.12. The van der Waals surface area contributed by atoms with Gasteiger partial charge < -0.3 is 15.3 Å². The van der Waals surface area contributed by atoms with Crippen molar-refractivity contribution in [1.82, 2.24) is 0 Å². The van der Waals surface area contributed by atoms with Crippen LogP contribution in [0.2, 0.25) is 0 Å². The highest BCUT2D eigenvalue weighted by atomic mass is 16.3. The maximum absolute atomic E-state index is 8.17. The first-order valence-electron chi connectivity index (χ1n) is 2.01. The van der Waals surface area contributed by atoms with Crippen LogP contribution in [0.25, 0.3) is 0 Å². The second-order valence-corrected chi connectivity index (χ2v) is 1.22. The third-order valence-corrected chi connectivity index (χ3v) is 0.671. The summed E-state index contributed by atoms with van der Waals surface area (Å²) < 4.78 is 0. The van der Waals surface area contributed by atoms with Gasteiger partial charge in [-0.15, -0.1) is 0 Å². The van der Waals surface area contributed by atoms with Crippen LogP contribution in [-0.2, 0) is 0 Å². The molecule has 0 aliphatic heterocycles. The molecular weight excluding hydrogens is 98.0 g/mol. The molecule has 0 amide bonds. The van der Waals surface area contributed by atoms with E-state index in [1.165, 1.54) is 0 Å². The number of quaternary nitrogens is 1. The standard InChI is InChI=1S/C3H9NO3/c5-1-4(2-6)3-7/h5-7H,1-3H2/p+1. The fourth-order valence-corrected chi connectivity index (χ4v) is 0.150. The lowest BCUT2D eigenvalue weighted by Gasteiger charge is -2.07. The number of hydrogen-bond donors (Lipinski definition) is 4. The molecule has 0 rings (SSSR count). The van der Waals surface area contributed by atoms with Gasteiger partial charge in [0.2, 0.25) is 0 Å². The number of aliphatic hydroxyl groups excluding tert-OH is 3. The Labute approximate surface area is 41.6 Å². The van der Waals surface area contributed by atoms with Crippen molar-refractivity contribution in [1.29, 1.82) is 0 Å². The predicted molar refractivity (Wildman–Crippen MR) is 22.2 cm³/mol. The summed E-state index contributed by atoms with van der Waals surface area (Å²) in [4.78, 5) is 0.347. The minimum atomic E-state index is -0.229. The van der Waals surface area contributed by atoms with Crippen LogP contribution in [0.4, 0.5) is 0 Å². The predicted octanol–water partition coefficient (Wildman–Crippen LogP) is -3.28. The second kappa shape index (κ2) is 4.01. The highest BCUT2D eigenvalue weighted by Crippen LogP contribution is 1.33. The zero-order chi connectivity index (χ0) is 5.70. The fraction of sp³-hybridized carbons (Fsp3) is 1.00. The van der Waals surface area contributed by atoms with Gasteiger partial charge in [-0.3, -0.25) is 4.90 Å². The summed E-state index contributed by atoms with van der Waals surface area (Å²) >= 11 is 0. The van der Waals surface area contributed by atoms with Crippen LogP contribution in [0.1, 0.15) is 0 Å². The van der Waals surface area contributed by atoms with Crippen LogP contribution in [0, 0.1) is 0 Å². The Balaban J connectivity index is 2.99. The van der Waals surface area contributed by atoms with Crippen LogP contribution in [0.5, 0.6) is 0 Å². The highest BCUT2D eigenvalue weighted by Gasteiger charge is 1.96. The first-order valence-corrected chi connectivity index (χ1v) is 2.01. The summed E-state index contributed by atoms with van der Waals surface area (Å²) in [6.07, 6.45) is 0. The average Bonchev–Trinajstić information content (AvgIpc) is 1.72. The van der Waals surface area contributed by atoms with Gasteiger partial charge in [-0.05, 0) is 0 Å². The van der Waals surface area contributed by atoms with E-state index in [-0.39, 0.29) is 20.2 Å². The van der Waals surface area contributed by atoms with Crippen molar-refractivity contribution in [3.8, 4) is 0 Å². The molecule has 0 aromatic heterocycles. The third-order valence-electron chi connectivity index (χ3n) is 0.671. The topological polar surface area (TPSA) is 65.1 Å². The van der Waals surface area contributed by atoms with Gasteiger partial charge in [-0.2, -0.15) is 0 Å². The van der Waals surface area contributed by atoms with E-state index in [0.29, 0.717) is 4.90 Å². The van der Waals surface area contributed by atoms with Crippen LogP contribution in [-0.4, -0.2) is 35.5 Å². The van der Waals surface area contributed by atoms with E-state index in [1.807, 2.05) is 0 Å². The van der Waals surface area contributed by atoms with Gasteiger partial charge >= 0.3 is 0 Å². The molecule has 0 saturated carbocycles. The molecule has 0 radical (unpaired) electrons. The second-order valence-electron chi connectivity index (χ2n) is 1.22. The summed E-state index contributed by atoms with van der Waals surface area (Å²) in [5, 5.41) is 24.5. The summed E-state index contributed by atoms with van der Waals surface area (Å²) in [7, 11) is 0. The molecule has 0 heterocycles. The Morgan fingerprint density at radius 1 is 0.857 bits per heavy atom. The molecule has 0 atom stereocenters. The Bertz CT molecular complexity index is 31.7. The molecule has 0 aliphatic carbocycles. The Morgan fingerprint density at radius 2 is 1.14 bits per heavy atom. The Kier molecular flexibility index (Phi) is 3.92. The Hall–Kier alpha value is -0.160. The van der Waals surface area contributed by atoms with Gasteiger partial charge in [0.15, 0.2) is 20.2 Å². The zero-order valence-corrected chi connectivity index (χ0v) is 3.96. The first kappa shape index (κ1) is 6.84. The highest BCUT2D eigenvalue weighted by molar-refractivity contribution is 3.86. The molecule has 4 N–H and O–H groups in total. The zero-order valence-electron chi connectivity index (χ0n) is 3.96. The normalized spacial score (nSPS) is 10.3. The average molecular weight is 108 g/mol. The van der Waals surface area contributed by atoms with Crippen molar-refractivity contribution < 1.29 is 20.2 Å². The smallest absolute Gasteiger partial charge is 0.182 e. The lowest BCUT2D eigenvalue weighted by molar-refractivity contribution is -0.953. The first-order chi connectivity index (χ1) is 3.35. The van der Waals surface area contributed by atoms with E-state index in [9.17, 15) is 0 Å². The van der Waals surface area contributed by atoms with Gasteiger partial charge in [-0.1, -0.05) is 0 Å². The molecule has 0 aromatic rings. The molecular formula is C3H10NO3+. The molecule has 0 saturated heterocycles. The third kappa shape index (κ3) is 2.52. The number of hydrogen-bond acceptors (Lipinski definition) is 3. The van der Waals surface area contributed by atoms with Crippen molar-refractivity contribution in [3.63, 3.8) is 0 Å². The van der Waals surface area contributed by atoms with Gasteiger partial charge in [0, 0.05) is 0 Å². The van der Waals surface area contributed by atoms with Crippen molar-refractivity contribution in [3.05, 3.63) is 0 Å². The molecule has 44 valence electrons. The van der Waals surface area contributed by atoms with Crippen LogP contribution >= 0.6 is 0 Å². The molecule has 4 heteroatoms. The summed E-state index contributed by atoms with van der Waals surface area (Å²) in [6, 6.07) is 0. The molecule has 0 fully saturated rings. The molecule has 0 bridgehead atoms. The van der Waals surface area contributed by atoms with E-state index < -0.39 is 0 Å². The van der Waals surface area contributed by atoms with E-state index in [4.69, 9.17) is 15.3 Å². The van der Waals surface area contributed by atoms with Gasteiger partial charge in [-0.25, -0.2) is 0 Å². The summed E-state index contributed by atoms with van der Waals surface area (Å²) in [5.74, 6) is 0. The van der Waals surface area contributed by atoms with Crippen molar-refractivity contribution in [2.75, 3.05) is 20.2 Å². The summed E-state index contributed by atoms with van der Waals surface area (Å²) in [6.45, 7) is -0.688. The number of rotatable bonds is 3. The van der Waals surface area contributed by atoms with E-state index in [1.54, 1.807) is 0 Å².